The summed E-state index contributed by atoms with van der Waals surface area (Å²) in [4.78, 5) is 18.4. The molecule has 5 rings (SSSR count). The highest BCUT2D eigenvalue weighted by atomic mass is 32.2. The minimum absolute atomic E-state index is 0.00492. The van der Waals surface area contributed by atoms with Gasteiger partial charge in [-0.05, 0) is 66.5 Å². The summed E-state index contributed by atoms with van der Waals surface area (Å²) >= 11 is 8.47. The van der Waals surface area contributed by atoms with E-state index in [0.29, 0.717) is 15.8 Å². The Morgan fingerprint density at radius 2 is 1.47 bits per heavy atom. The maximum Gasteiger partial charge on any atom is 0.266 e. The van der Waals surface area contributed by atoms with Crippen molar-refractivity contribution in [1.29, 1.82) is 0 Å². The van der Waals surface area contributed by atoms with Gasteiger partial charge in [-0.1, -0.05) is 102 Å². The van der Waals surface area contributed by atoms with E-state index in [0.717, 1.165) is 17.1 Å². The third-order valence-electron chi connectivity index (χ3n) is 6.12. The normalized spacial score (nSPS) is 17.3. The molecule has 36 heavy (non-hydrogen) atoms. The fraction of sp³-hybridized carbons (Fsp3) is 0.133. The van der Waals surface area contributed by atoms with Gasteiger partial charge in [-0.25, -0.2) is 0 Å². The predicted molar refractivity (Wildman–Crippen MR) is 159 cm³/mol. The lowest BCUT2D eigenvalue weighted by atomic mass is 9.96. The van der Waals surface area contributed by atoms with Gasteiger partial charge in [0.05, 0.1) is 15.6 Å². The van der Waals surface area contributed by atoms with E-state index in [1.165, 1.54) is 39.0 Å². The van der Waals surface area contributed by atoms with Crippen LogP contribution >= 0.6 is 35.7 Å². The van der Waals surface area contributed by atoms with Gasteiger partial charge in [-0.2, -0.15) is 0 Å². The molecule has 2 heterocycles. The van der Waals surface area contributed by atoms with Crippen LogP contribution in [0.3, 0.4) is 0 Å². The Morgan fingerprint density at radius 1 is 0.833 bits per heavy atom. The molecule has 0 atom stereocenters. The number of thiocarbonyl (C=S) groups is 1. The molecule has 6 heteroatoms. The molecule has 1 amide bonds. The van der Waals surface area contributed by atoms with Crippen LogP contribution in [0.1, 0.15) is 30.5 Å². The van der Waals surface area contributed by atoms with Crippen LogP contribution in [0.5, 0.6) is 0 Å². The van der Waals surface area contributed by atoms with Crippen LogP contribution in [0.15, 0.2) is 106 Å². The number of fused-ring (bicyclic) bond motifs is 1. The third kappa shape index (κ3) is 4.94. The number of anilines is 1. The number of likely N-dealkylation sites (N-methyl/N-ethyl adjacent to an activating group) is 1. The van der Waals surface area contributed by atoms with E-state index in [1.54, 1.807) is 16.7 Å². The summed E-state index contributed by atoms with van der Waals surface area (Å²) in [5.41, 5.74) is 5.93. The third-order valence-corrected chi connectivity index (χ3v) is 8.63. The summed E-state index contributed by atoms with van der Waals surface area (Å²) in [6.45, 7) is 5.55. The highest BCUT2D eigenvalue weighted by Crippen LogP contribution is 2.47. The molecule has 3 aromatic carbocycles. The molecule has 0 aromatic heterocycles. The van der Waals surface area contributed by atoms with Crippen molar-refractivity contribution in [3.63, 3.8) is 0 Å². The minimum Gasteiger partial charge on any atom is -0.335 e. The molecule has 0 aliphatic carbocycles. The van der Waals surface area contributed by atoms with Gasteiger partial charge >= 0.3 is 0 Å². The second kappa shape index (κ2) is 10.9. The van der Waals surface area contributed by atoms with Gasteiger partial charge in [0.1, 0.15) is 4.32 Å². The number of amides is 1. The summed E-state index contributed by atoms with van der Waals surface area (Å²) in [6, 6.07) is 27.7. The van der Waals surface area contributed by atoms with Crippen LogP contribution in [-0.2, 0) is 4.79 Å². The molecule has 0 bridgehead atoms. The Morgan fingerprint density at radius 3 is 2.06 bits per heavy atom. The number of allylic oxidation sites excluding steroid dienone is 2. The number of hydrogen-bond donors (Lipinski definition) is 0. The largest absolute Gasteiger partial charge is 0.335 e. The summed E-state index contributed by atoms with van der Waals surface area (Å²) in [5, 5.41) is 1.11. The van der Waals surface area contributed by atoms with Gasteiger partial charge in [0, 0.05) is 18.0 Å². The van der Waals surface area contributed by atoms with E-state index in [-0.39, 0.29) is 5.91 Å². The lowest BCUT2D eigenvalue weighted by molar-refractivity contribution is -0.122. The van der Waals surface area contributed by atoms with E-state index in [4.69, 9.17) is 12.2 Å². The molecule has 2 aliphatic rings. The van der Waals surface area contributed by atoms with Crippen molar-refractivity contribution >= 4 is 63.3 Å². The topological polar surface area (TPSA) is 23.6 Å². The quantitative estimate of drug-likeness (QED) is 0.185. The predicted octanol–water partition coefficient (Wildman–Crippen LogP) is 7.81. The van der Waals surface area contributed by atoms with Crippen LogP contribution < -0.4 is 4.90 Å². The molecule has 1 fully saturated rings. The number of rotatable bonds is 6. The first kappa shape index (κ1) is 24.6. The lowest BCUT2D eigenvalue weighted by Gasteiger charge is -2.17. The molecule has 3 nitrogen and oxygen atoms in total. The van der Waals surface area contributed by atoms with Crippen LogP contribution in [0.2, 0.25) is 0 Å². The molecular formula is C30H26N2OS3. The number of benzene rings is 3. The smallest absolute Gasteiger partial charge is 0.266 e. The molecule has 0 radical (unpaired) electrons. The SMILES string of the molecule is CCN1C(=O)/C(=C\C=C2/Sc3cc(C=C(c4ccccc4)c4ccccc4)ccc3N2CC)SC1=S. The highest BCUT2D eigenvalue weighted by Gasteiger charge is 2.30. The molecule has 0 saturated carbocycles. The van der Waals surface area contributed by atoms with Crippen molar-refractivity contribution in [2.75, 3.05) is 18.0 Å². The van der Waals surface area contributed by atoms with Gasteiger partial charge in [-0.3, -0.25) is 9.69 Å². The van der Waals surface area contributed by atoms with Crippen molar-refractivity contribution in [2.24, 2.45) is 0 Å². The van der Waals surface area contributed by atoms with Gasteiger partial charge in [0.25, 0.3) is 5.91 Å². The summed E-state index contributed by atoms with van der Waals surface area (Å²) in [5.74, 6) is -0.00492. The number of thioether (sulfide) groups is 2. The van der Waals surface area contributed by atoms with Gasteiger partial charge < -0.3 is 4.90 Å². The fourth-order valence-corrected chi connectivity index (χ4v) is 6.83. The first-order valence-electron chi connectivity index (χ1n) is 12.0. The molecule has 0 N–H and O–H groups in total. The van der Waals surface area contributed by atoms with Crippen LogP contribution in [0, 0.1) is 0 Å². The average Bonchev–Trinajstić information content (AvgIpc) is 3.41. The van der Waals surface area contributed by atoms with E-state index in [9.17, 15) is 4.79 Å². The van der Waals surface area contributed by atoms with Crippen molar-refractivity contribution in [1.82, 2.24) is 4.90 Å². The van der Waals surface area contributed by atoms with Crippen LogP contribution in [-0.4, -0.2) is 28.2 Å². The van der Waals surface area contributed by atoms with E-state index >= 15 is 0 Å². The molecule has 0 unspecified atom stereocenters. The van der Waals surface area contributed by atoms with Gasteiger partial charge in [-0.15, -0.1) is 0 Å². The van der Waals surface area contributed by atoms with E-state index < -0.39 is 0 Å². The zero-order valence-corrected chi connectivity index (χ0v) is 22.6. The van der Waals surface area contributed by atoms with E-state index in [1.807, 2.05) is 31.2 Å². The maximum absolute atomic E-state index is 12.6. The van der Waals surface area contributed by atoms with E-state index in [2.05, 4.69) is 84.6 Å². The Hall–Kier alpha value is -3.06. The molecule has 2 aliphatic heterocycles. The van der Waals surface area contributed by atoms with Gasteiger partial charge in [0.15, 0.2) is 0 Å². The molecule has 180 valence electrons. The van der Waals surface area contributed by atoms with Crippen LogP contribution in [0.25, 0.3) is 11.6 Å². The first-order chi connectivity index (χ1) is 17.6. The monoisotopic (exact) mass is 526 g/mol. The number of hydrogen-bond acceptors (Lipinski definition) is 5. The lowest BCUT2D eigenvalue weighted by Crippen LogP contribution is -2.27. The Balaban J connectivity index is 1.47. The minimum atomic E-state index is -0.00492. The molecule has 0 spiro atoms. The maximum atomic E-state index is 12.6. The summed E-state index contributed by atoms with van der Waals surface area (Å²) in [7, 11) is 0. The van der Waals surface area contributed by atoms with Crippen LogP contribution in [0.4, 0.5) is 5.69 Å². The second-order valence-corrected chi connectivity index (χ2v) is 11.1. The van der Waals surface area contributed by atoms with Crippen molar-refractivity contribution in [3.05, 3.63) is 118 Å². The van der Waals surface area contributed by atoms with Crippen molar-refractivity contribution < 1.29 is 4.79 Å². The zero-order valence-electron chi connectivity index (χ0n) is 20.2. The fourth-order valence-electron chi connectivity index (χ4n) is 4.33. The Bertz CT molecular complexity index is 1350. The van der Waals surface area contributed by atoms with Crippen molar-refractivity contribution in [3.8, 4) is 0 Å². The standard InChI is InChI=1S/C30H26N2OS3/c1-3-31-25-16-15-21(19-24(22-11-7-5-8-12-22)23-13-9-6-10-14-23)20-27(25)35-28(31)18-17-26-29(33)32(4-2)30(34)36-26/h5-20H,3-4H2,1-2H3/b26-17+,28-18-. The zero-order chi connectivity index (χ0) is 25.1. The molecule has 1 saturated heterocycles. The highest BCUT2D eigenvalue weighted by molar-refractivity contribution is 8.26. The second-order valence-electron chi connectivity index (χ2n) is 8.32. The average molecular weight is 527 g/mol. The molecule has 3 aromatic rings. The summed E-state index contributed by atoms with van der Waals surface area (Å²) in [6.07, 6.45) is 6.22. The summed E-state index contributed by atoms with van der Waals surface area (Å²) < 4.78 is 0.630. The van der Waals surface area contributed by atoms with Gasteiger partial charge in [0.2, 0.25) is 0 Å². The Kier molecular flexibility index (Phi) is 7.46. The first-order valence-corrected chi connectivity index (χ1v) is 14.0. The number of carbonyl (C=O) groups excluding carboxylic acids is 1. The van der Waals surface area contributed by atoms with Crippen molar-refractivity contribution in [2.45, 2.75) is 18.7 Å². The number of nitrogens with zero attached hydrogens (tertiary/aromatic N) is 2. The number of carbonyl (C=O) groups is 1. The Labute approximate surface area is 226 Å². The molecular weight excluding hydrogens is 501 g/mol.